The third-order valence-electron chi connectivity index (χ3n) is 6.23. The number of thiocarbonyl (C=S) groups is 1. The van der Waals surface area contributed by atoms with E-state index in [9.17, 15) is 13.2 Å². The predicted octanol–water partition coefficient (Wildman–Crippen LogP) is 6.72. The summed E-state index contributed by atoms with van der Waals surface area (Å²) in [7, 11) is -3.60. The lowest BCUT2D eigenvalue weighted by molar-refractivity contribution is -0.119. The predicted molar refractivity (Wildman–Crippen MR) is 157 cm³/mol. The van der Waals surface area contributed by atoms with Crippen LogP contribution in [0.25, 0.3) is 0 Å². The van der Waals surface area contributed by atoms with Crippen molar-refractivity contribution in [2.45, 2.75) is 95.3 Å². The molecule has 37 heavy (non-hydrogen) atoms. The molecule has 6 nitrogen and oxygen atoms in total. The van der Waals surface area contributed by atoms with E-state index in [-0.39, 0.29) is 15.9 Å². The van der Waals surface area contributed by atoms with Gasteiger partial charge in [-0.25, -0.2) is 13.1 Å². The largest absolute Gasteiger partial charge is 0.332 e. The van der Waals surface area contributed by atoms with Gasteiger partial charge in [-0.2, -0.15) is 0 Å². The first-order chi connectivity index (χ1) is 17.9. The van der Waals surface area contributed by atoms with Crippen LogP contribution in [-0.2, 0) is 21.2 Å². The molecule has 2 aromatic rings. The van der Waals surface area contributed by atoms with E-state index in [1.807, 2.05) is 30.3 Å². The molecule has 2 rings (SSSR count). The quantitative estimate of drug-likeness (QED) is 0.143. The fraction of sp³-hybridized carbons (Fsp3) is 0.517. The normalized spacial score (nSPS) is 11.3. The molecule has 0 aliphatic heterocycles. The molecule has 2 aromatic carbocycles. The zero-order valence-electron chi connectivity index (χ0n) is 22.1. The smallest absolute Gasteiger partial charge is 0.240 e. The molecular formula is C29H43N3O3S2. The van der Waals surface area contributed by atoms with Crippen molar-refractivity contribution in [3.05, 3.63) is 60.2 Å². The summed E-state index contributed by atoms with van der Waals surface area (Å²) in [5.74, 6) is -0.102. The molecule has 0 aromatic heterocycles. The Labute approximate surface area is 229 Å². The van der Waals surface area contributed by atoms with Gasteiger partial charge in [0.25, 0.3) is 0 Å². The summed E-state index contributed by atoms with van der Waals surface area (Å²) in [5.41, 5.74) is 1.69. The molecule has 0 unspecified atom stereocenters. The van der Waals surface area contributed by atoms with E-state index in [1.54, 1.807) is 12.1 Å². The summed E-state index contributed by atoms with van der Waals surface area (Å²) in [4.78, 5) is 12.3. The third kappa shape index (κ3) is 13.7. The number of benzene rings is 2. The highest BCUT2D eigenvalue weighted by molar-refractivity contribution is 7.89. The second-order valence-corrected chi connectivity index (χ2v) is 11.6. The number of amides is 1. The highest BCUT2D eigenvalue weighted by atomic mass is 32.2. The number of carbonyl (C=O) groups is 1. The van der Waals surface area contributed by atoms with Crippen LogP contribution in [0.5, 0.6) is 0 Å². The summed E-state index contributed by atoms with van der Waals surface area (Å²) in [5, 5.41) is 5.86. The average molecular weight is 546 g/mol. The standard InChI is InChI=1S/C29H43N3O3S2/c1-2-3-4-5-6-7-8-9-10-11-15-18-28(33)32-29(36)31-26-19-21-27(22-20-26)37(34,35)30-24-23-25-16-13-12-14-17-25/h12-14,16-17,19-22,30H,2-11,15,18,23-24H2,1H3,(H2,31,32,33,36). The lowest BCUT2D eigenvalue weighted by atomic mass is 10.1. The molecule has 0 saturated heterocycles. The van der Waals surface area contributed by atoms with Gasteiger partial charge in [-0.1, -0.05) is 101 Å². The molecule has 0 bridgehead atoms. The number of carbonyl (C=O) groups excluding carboxylic acids is 1. The van der Waals surface area contributed by atoms with Crippen molar-refractivity contribution in [1.29, 1.82) is 0 Å². The summed E-state index contributed by atoms with van der Waals surface area (Å²) >= 11 is 5.24. The van der Waals surface area contributed by atoms with Crippen LogP contribution in [0.4, 0.5) is 5.69 Å². The lowest BCUT2D eigenvalue weighted by Crippen LogP contribution is -2.33. The van der Waals surface area contributed by atoms with Crippen LogP contribution >= 0.6 is 12.2 Å². The van der Waals surface area contributed by atoms with Crippen molar-refractivity contribution in [1.82, 2.24) is 10.0 Å². The molecular weight excluding hydrogens is 502 g/mol. The zero-order valence-corrected chi connectivity index (χ0v) is 23.8. The molecule has 204 valence electrons. The Bertz CT molecular complexity index is 1030. The maximum absolute atomic E-state index is 12.5. The first-order valence-electron chi connectivity index (χ1n) is 13.6. The molecule has 0 fully saturated rings. The maximum atomic E-state index is 12.5. The SMILES string of the molecule is CCCCCCCCCCCCCC(=O)NC(=S)Nc1ccc(S(=O)(=O)NCCc2ccccc2)cc1. The Kier molecular flexibility index (Phi) is 15.1. The Hall–Kier alpha value is -2.29. The van der Waals surface area contributed by atoms with E-state index in [1.165, 1.54) is 69.9 Å². The first-order valence-corrected chi connectivity index (χ1v) is 15.5. The molecule has 0 aliphatic rings. The van der Waals surface area contributed by atoms with Crippen molar-refractivity contribution in [2.24, 2.45) is 0 Å². The second-order valence-electron chi connectivity index (χ2n) is 9.45. The van der Waals surface area contributed by atoms with Crippen LogP contribution in [0.2, 0.25) is 0 Å². The van der Waals surface area contributed by atoms with Gasteiger partial charge in [-0.05, 0) is 54.9 Å². The van der Waals surface area contributed by atoms with Gasteiger partial charge in [0.1, 0.15) is 0 Å². The lowest BCUT2D eigenvalue weighted by Gasteiger charge is -2.11. The number of rotatable bonds is 18. The highest BCUT2D eigenvalue weighted by Crippen LogP contribution is 2.15. The van der Waals surface area contributed by atoms with Gasteiger partial charge in [-0.3, -0.25) is 4.79 Å². The van der Waals surface area contributed by atoms with Crippen LogP contribution in [0.3, 0.4) is 0 Å². The molecule has 1 amide bonds. The van der Waals surface area contributed by atoms with Gasteiger partial charge in [0.15, 0.2) is 5.11 Å². The van der Waals surface area contributed by atoms with Crippen LogP contribution in [0, 0.1) is 0 Å². The van der Waals surface area contributed by atoms with E-state index >= 15 is 0 Å². The Balaban J connectivity index is 1.59. The minimum absolute atomic E-state index is 0.102. The molecule has 0 radical (unpaired) electrons. The molecule has 0 spiro atoms. The topological polar surface area (TPSA) is 87.3 Å². The molecule has 3 N–H and O–H groups in total. The Morgan fingerprint density at radius 3 is 1.95 bits per heavy atom. The van der Waals surface area contributed by atoms with E-state index in [0.29, 0.717) is 25.1 Å². The van der Waals surface area contributed by atoms with E-state index in [0.717, 1.165) is 18.4 Å². The number of hydrogen-bond donors (Lipinski definition) is 3. The molecule has 0 atom stereocenters. The van der Waals surface area contributed by atoms with Gasteiger partial charge in [0.2, 0.25) is 15.9 Å². The number of nitrogens with one attached hydrogen (secondary N) is 3. The summed E-state index contributed by atoms with van der Waals surface area (Å²) in [6, 6.07) is 16.0. The fourth-order valence-corrected chi connectivity index (χ4v) is 5.34. The second kappa shape index (κ2) is 18.0. The minimum Gasteiger partial charge on any atom is -0.332 e. The van der Waals surface area contributed by atoms with Crippen molar-refractivity contribution in [2.75, 3.05) is 11.9 Å². The van der Waals surface area contributed by atoms with Gasteiger partial charge < -0.3 is 10.6 Å². The first kappa shape index (κ1) is 30.9. The van der Waals surface area contributed by atoms with Crippen LogP contribution in [-0.4, -0.2) is 26.0 Å². The van der Waals surface area contributed by atoms with Crippen molar-refractivity contribution in [3.8, 4) is 0 Å². The third-order valence-corrected chi connectivity index (χ3v) is 7.91. The number of sulfonamides is 1. The highest BCUT2D eigenvalue weighted by Gasteiger charge is 2.13. The number of unbranched alkanes of at least 4 members (excludes halogenated alkanes) is 10. The van der Waals surface area contributed by atoms with Gasteiger partial charge in [0.05, 0.1) is 4.90 Å². The van der Waals surface area contributed by atoms with Crippen LogP contribution < -0.4 is 15.4 Å². The molecule has 8 heteroatoms. The van der Waals surface area contributed by atoms with E-state index < -0.39 is 10.0 Å². The van der Waals surface area contributed by atoms with Crippen molar-refractivity contribution >= 4 is 38.9 Å². The van der Waals surface area contributed by atoms with Crippen molar-refractivity contribution in [3.63, 3.8) is 0 Å². The summed E-state index contributed by atoms with van der Waals surface area (Å²) in [6.07, 6.45) is 14.7. The summed E-state index contributed by atoms with van der Waals surface area (Å²) < 4.78 is 27.7. The van der Waals surface area contributed by atoms with Gasteiger partial charge in [0, 0.05) is 18.7 Å². The Morgan fingerprint density at radius 2 is 1.35 bits per heavy atom. The monoisotopic (exact) mass is 545 g/mol. The molecule has 0 aliphatic carbocycles. The number of anilines is 1. The minimum atomic E-state index is -3.60. The number of hydrogen-bond acceptors (Lipinski definition) is 4. The van der Waals surface area contributed by atoms with Crippen LogP contribution in [0.15, 0.2) is 59.5 Å². The molecule has 0 saturated carbocycles. The maximum Gasteiger partial charge on any atom is 0.240 e. The zero-order chi connectivity index (χ0) is 26.8. The Morgan fingerprint density at radius 1 is 0.784 bits per heavy atom. The van der Waals surface area contributed by atoms with Gasteiger partial charge >= 0.3 is 0 Å². The van der Waals surface area contributed by atoms with Crippen molar-refractivity contribution < 1.29 is 13.2 Å². The molecule has 0 heterocycles. The van der Waals surface area contributed by atoms with Crippen LogP contribution in [0.1, 0.15) is 89.5 Å². The summed E-state index contributed by atoms with van der Waals surface area (Å²) in [6.45, 7) is 2.56. The average Bonchev–Trinajstić information content (AvgIpc) is 2.88. The van der Waals surface area contributed by atoms with Gasteiger partial charge in [-0.15, -0.1) is 0 Å². The fourth-order valence-electron chi connectivity index (χ4n) is 4.08. The van der Waals surface area contributed by atoms with E-state index in [4.69, 9.17) is 12.2 Å². The van der Waals surface area contributed by atoms with E-state index in [2.05, 4.69) is 22.3 Å².